The lowest BCUT2D eigenvalue weighted by Gasteiger charge is -2.42. The van der Waals surface area contributed by atoms with Gasteiger partial charge in [-0.1, -0.05) is 190 Å². The molecule has 0 amide bonds. The lowest BCUT2D eigenvalue weighted by Crippen LogP contribution is -2.31. The Labute approximate surface area is 388 Å². The maximum absolute atomic E-state index is 3.85. The molecule has 0 fully saturated rings. The van der Waals surface area contributed by atoms with Gasteiger partial charge in [0.2, 0.25) is 0 Å². The SMILES string of the molecule is CC1C=CC=CC1c1ccc(N(c2ccc(Nc3ccccc3-c3cc4ccccc4c4ccc5ccccc5c34)cc2)c2ccc(C3=C4C=CC=CC4C4(C)C=CC=CC4=C3)cc2)cc1. The molecule has 0 bridgehead atoms. The Morgan fingerprint density at radius 3 is 2.00 bits per heavy atom. The molecular weight excluding hydrogens is 797 g/mol. The molecule has 0 heterocycles. The van der Waals surface area contributed by atoms with Gasteiger partial charge in [-0.2, -0.15) is 0 Å². The van der Waals surface area contributed by atoms with Crippen LogP contribution in [-0.2, 0) is 0 Å². The van der Waals surface area contributed by atoms with Crippen molar-refractivity contribution < 1.29 is 0 Å². The summed E-state index contributed by atoms with van der Waals surface area (Å²) in [5.41, 5.74) is 14.3. The number of rotatable bonds is 8. The first-order valence-corrected chi connectivity index (χ1v) is 23.3. The van der Waals surface area contributed by atoms with Gasteiger partial charge < -0.3 is 10.2 Å². The summed E-state index contributed by atoms with van der Waals surface area (Å²) in [6.07, 6.45) is 29.4. The molecular formula is C64H50N2. The second-order valence-corrected chi connectivity index (χ2v) is 18.4. The minimum absolute atomic E-state index is 0.0535. The molecule has 0 saturated heterocycles. The van der Waals surface area contributed by atoms with Crippen molar-refractivity contribution in [3.05, 3.63) is 265 Å². The van der Waals surface area contributed by atoms with E-state index in [1.807, 2.05) is 0 Å². The van der Waals surface area contributed by atoms with Crippen LogP contribution in [0.3, 0.4) is 0 Å². The molecule has 0 saturated carbocycles. The summed E-state index contributed by atoms with van der Waals surface area (Å²) in [7, 11) is 0. The van der Waals surface area contributed by atoms with Crippen molar-refractivity contribution in [1.29, 1.82) is 0 Å². The number of hydrogen-bond acceptors (Lipinski definition) is 2. The largest absolute Gasteiger partial charge is 0.355 e. The van der Waals surface area contributed by atoms with Crippen LogP contribution in [0.2, 0.25) is 0 Å². The molecule has 0 spiro atoms. The minimum Gasteiger partial charge on any atom is -0.355 e. The fraction of sp³-hybridized carbons (Fsp3) is 0.0938. The van der Waals surface area contributed by atoms with Crippen LogP contribution >= 0.6 is 0 Å². The molecule has 66 heavy (non-hydrogen) atoms. The van der Waals surface area contributed by atoms with Gasteiger partial charge in [0.15, 0.2) is 0 Å². The highest BCUT2D eigenvalue weighted by Gasteiger charge is 2.40. The molecule has 0 radical (unpaired) electrons. The van der Waals surface area contributed by atoms with E-state index in [-0.39, 0.29) is 11.3 Å². The molecule has 1 N–H and O–H groups in total. The zero-order valence-electron chi connectivity index (χ0n) is 37.3. The van der Waals surface area contributed by atoms with Crippen LogP contribution in [0.15, 0.2) is 254 Å². The Morgan fingerprint density at radius 1 is 0.530 bits per heavy atom. The van der Waals surface area contributed by atoms with Crippen LogP contribution in [0, 0.1) is 17.3 Å². The highest BCUT2D eigenvalue weighted by molar-refractivity contribution is 6.23. The average Bonchev–Trinajstić information content (AvgIpc) is 3.37. The van der Waals surface area contributed by atoms with E-state index in [1.165, 1.54) is 71.3 Å². The number of fused-ring (bicyclic) bond motifs is 8. The zero-order chi connectivity index (χ0) is 44.2. The van der Waals surface area contributed by atoms with E-state index in [0.29, 0.717) is 11.8 Å². The third kappa shape index (κ3) is 6.80. The molecule has 316 valence electrons. The predicted octanol–water partition coefficient (Wildman–Crippen LogP) is 17.4. The van der Waals surface area contributed by atoms with E-state index in [4.69, 9.17) is 0 Å². The average molecular weight is 847 g/mol. The number of allylic oxidation sites excluding steroid dienone is 16. The first-order valence-electron chi connectivity index (χ1n) is 23.3. The van der Waals surface area contributed by atoms with E-state index in [2.05, 4.69) is 267 Å². The molecule has 4 unspecified atom stereocenters. The van der Waals surface area contributed by atoms with Gasteiger partial charge in [-0.25, -0.2) is 0 Å². The molecule has 4 atom stereocenters. The lowest BCUT2D eigenvalue weighted by atomic mass is 9.61. The van der Waals surface area contributed by atoms with Crippen LogP contribution in [0.4, 0.5) is 28.4 Å². The maximum atomic E-state index is 3.85. The van der Waals surface area contributed by atoms with Gasteiger partial charge >= 0.3 is 0 Å². The monoisotopic (exact) mass is 846 g/mol. The van der Waals surface area contributed by atoms with Crippen molar-refractivity contribution in [3.8, 4) is 11.1 Å². The van der Waals surface area contributed by atoms with Gasteiger partial charge in [0.25, 0.3) is 0 Å². The number of benzene rings is 8. The van der Waals surface area contributed by atoms with Crippen molar-refractivity contribution in [2.24, 2.45) is 17.3 Å². The molecule has 8 aromatic rings. The lowest BCUT2D eigenvalue weighted by molar-refractivity contribution is 0.422. The molecule has 8 aromatic carbocycles. The van der Waals surface area contributed by atoms with Crippen molar-refractivity contribution in [3.63, 3.8) is 0 Å². The standard InChI is InChI=1S/C64H50N2/c1-43-15-3-6-19-53(43)45-26-33-50(34-27-45)66(51-35-28-46(29-36-51)59-42-48-18-13-14-40-64(48,2)61-24-11-9-22-56(59)61)52-37-31-49(32-38-52)65-62-25-12-10-23-57(62)60-41-47-17-5-7-20-54(47)58-39-30-44-16-4-8-21-55(44)63(58)60/h3-43,53,61,65H,1-2H3. The number of nitrogens with zero attached hydrogens (tertiary/aromatic N) is 1. The molecule has 4 aliphatic rings. The van der Waals surface area contributed by atoms with E-state index >= 15 is 0 Å². The highest BCUT2D eigenvalue weighted by Crippen LogP contribution is 2.52. The van der Waals surface area contributed by atoms with E-state index < -0.39 is 0 Å². The second-order valence-electron chi connectivity index (χ2n) is 18.4. The van der Waals surface area contributed by atoms with Gasteiger partial charge in [-0.15, -0.1) is 0 Å². The quantitative estimate of drug-likeness (QED) is 0.153. The predicted molar refractivity (Wildman–Crippen MR) is 282 cm³/mol. The molecule has 12 rings (SSSR count). The molecule has 4 aliphatic carbocycles. The molecule has 2 nitrogen and oxygen atoms in total. The topological polar surface area (TPSA) is 15.3 Å². The van der Waals surface area contributed by atoms with Crippen LogP contribution in [-0.4, -0.2) is 0 Å². The first kappa shape index (κ1) is 39.6. The summed E-state index contributed by atoms with van der Waals surface area (Å²) in [4.78, 5) is 2.38. The Balaban J connectivity index is 0.913. The fourth-order valence-corrected chi connectivity index (χ4v) is 11.0. The summed E-state index contributed by atoms with van der Waals surface area (Å²) >= 11 is 0. The van der Waals surface area contributed by atoms with Crippen LogP contribution in [0.5, 0.6) is 0 Å². The Morgan fingerprint density at radius 2 is 1.20 bits per heavy atom. The molecule has 0 aliphatic heterocycles. The highest BCUT2D eigenvalue weighted by atomic mass is 15.1. The number of para-hydroxylation sites is 1. The maximum Gasteiger partial charge on any atom is 0.0464 e. The number of nitrogens with one attached hydrogen (secondary N) is 1. The van der Waals surface area contributed by atoms with Crippen molar-refractivity contribution in [1.82, 2.24) is 0 Å². The third-order valence-corrected chi connectivity index (χ3v) is 14.5. The fourth-order valence-electron chi connectivity index (χ4n) is 11.0. The van der Waals surface area contributed by atoms with Crippen LogP contribution < -0.4 is 10.2 Å². The van der Waals surface area contributed by atoms with Crippen LogP contribution in [0.1, 0.15) is 30.9 Å². The van der Waals surface area contributed by atoms with Crippen molar-refractivity contribution >= 4 is 66.3 Å². The van der Waals surface area contributed by atoms with E-state index in [1.54, 1.807) is 0 Å². The second kappa shape index (κ2) is 16.2. The summed E-state index contributed by atoms with van der Waals surface area (Å²) < 4.78 is 0. The Hall–Kier alpha value is -7.94. The van der Waals surface area contributed by atoms with Crippen LogP contribution in [0.25, 0.3) is 49.0 Å². The summed E-state index contributed by atoms with van der Waals surface area (Å²) in [6, 6.07) is 60.4. The Kier molecular flexibility index (Phi) is 9.76. The zero-order valence-corrected chi connectivity index (χ0v) is 37.3. The normalized spacial score (nSPS) is 20.5. The molecule has 2 heteroatoms. The summed E-state index contributed by atoms with van der Waals surface area (Å²) in [6.45, 7) is 4.67. The smallest absolute Gasteiger partial charge is 0.0464 e. The van der Waals surface area contributed by atoms with Gasteiger partial charge in [0, 0.05) is 51.3 Å². The van der Waals surface area contributed by atoms with Gasteiger partial charge in [-0.3, -0.25) is 0 Å². The van der Waals surface area contributed by atoms with E-state index in [0.717, 1.165) is 28.4 Å². The first-order chi connectivity index (χ1) is 32.5. The third-order valence-electron chi connectivity index (χ3n) is 14.5. The van der Waals surface area contributed by atoms with Crippen molar-refractivity contribution in [2.75, 3.05) is 10.2 Å². The van der Waals surface area contributed by atoms with Gasteiger partial charge in [0.1, 0.15) is 0 Å². The number of hydrogen-bond donors (Lipinski definition) is 1. The molecule has 0 aromatic heterocycles. The van der Waals surface area contributed by atoms with Crippen molar-refractivity contribution in [2.45, 2.75) is 19.8 Å². The van der Waals surface area contributed by atoms with Gasteiger partial charge in [-0.05, 0) is 138 Å². The number of anilines is 5. The van der Waals surface area contributed by atoms with Gasteiger partial charge in [0.05, 0.1) is 0 Å². The minimum atomic E-state index is -0.0535. The summed E-state index contributed by atoms with van der Waals surface area (Å²) in [5, 5.41) is 11.4. The van der Waals surface area contributed by atoms with E-state index in [9.17, 15) is 0 Å². The Bertz CT molecular complexity index is 3460. The summed E-state index contributed by atoms with van der Waals surface area (Å²) in [5.74, 6) is 1.10.